The fourth-order valence-corrected chi connectivity index (χ4v) is 7.54. The summed E-state index contributed by atoms with van der Waals surface area (Å²) >= 11 is -3.96. The number of alkyl halides is 6. The molecule has 0 fully saturated rings. The second-order valence-electron chi connectivity index (χ2n) is 4.25. The van der Waals surface area contributed by atoms with E-state index in [1.807, 2.05) is 0 Å². The molecule has 15 heteroatoms. The molecule has 0 atom stereocenters. The first kappa shape index (κ1) is 23.0. The summed E-state index contributed by atoms with van der Waals surface area (Å²) in [6, 6.07) is 5.40. The zero-order chi connectivity index (χ0) is 20.4. The normalized spacial score (nSPS) is 14.5. The molecule has 6 nitrogen and oxygen atoms in total. The van der Waals surface area contributed by atoms with Crippen molar-refractivity contribution in [2.45, 2.75) is 17.9 Å². The minimum absolute atomic E-state index is 0.0196. The first-order chi connectivity index (χ1) is 11.6. The fraction of sp³-hybridized carbons (Fsp3) is 0.273. The van der Waals surface area contributed by atoms with Crippen molar-refractivity contribution >= 4 is 40.5 Å². The summed E-state index contributed by atoms with van der Waals surface area (Å²) in [4.78, 5) is 0. The predicted octanol–water partition coefficient (Wildman–Crippen LogP) is 3.79. The van der Waals surface area contributed by atoms with Crippen molar-refractivity contribution in [2.75, 3.05) is 0 Å². The molecule has 0 radical (unpaired) electrons. The van der Waals surface area contributed by atoms with E-state index in [9.17, 15) is 43.2 Å². The number of hydrogen-bond donors (Lipinski definition) is 0. The molecule has 0 heterocycles. The summed E-state index contributed by atoms with van der Waals surface area (Å²) in [5, 5.41) is 0. The van der Waals surface area contributed by atoms with Crippen molar-refractivity contribution < 1.29 is 49.9 Å². The summed E-state index contributed by atoms with van der Waals surface area (Å²) in [5.41, 5.74) is -11.2. The first-order valence-corrected chi connectivity index (χ1v) is 12.0. The average molecular weight is 542 g/mol. The van der Waals surface area contributed by atoms with Gasteiger partial charge < -0.3 is 0 Å². The zero-order valence-corrected chi connectivity index (χ0v) is 16.2. The minimum atomic E-state index is -6.06. The van der Waals surface area contributed by atoms with Gasteiger partial charge in [0.05, 0.1) is 0 Å². The van der Waals surface area contributed by atoms with Gasteiger partial charge in [-0.15, -0.1) is 0 Å². The van der Waals surface area contributed by atoms with Crippen LogP contribution in [-0.2, 0) is 26.9 Å². The summed E-state index contributed by atoms with van der Waals surface area (Å²) in [6.45, 7) is 1.39. The molecule has 0 N–H and O–H groups in total. The maximum atomic E-state index is 12.5. The van der Waals surface area contributed by atoms with Crippen LogP contribution in [0.1, 0.15) is 5.56 Å². The molecular weight excluding hydrogens is 533 g/mol. The predicted molar refractivity (Wildman–Crippen MR) is 85.2 cm³/mol. The van der Waals surface area contributed by atoms with Gasteiger partial charge in [-0.1, -0.05) is 0 Å². The van der Waals surface area contributed by atoms with Crippen LogP contribution >= 0.6 is 20.2 Å². The molecule has 0 aliphatic rings. The molecule has 1 aromatic rings. The van der Waals surface area contributed by atoms with E-state index in [1.54, 1.807) is 0 Å². The van der Waals surface area contributed by atoms with Gasteiger partial charge in [0, 0.05) is 0 Å². The van der Waals surface area contributed by atoms with Crippen molar-refractivity contribution in [3.05, 3.63) is 43.7 Å². The van der Waals surface area contributed by atoms with Crippen molar-refractivity contribution in [2.24, 2.45) is 0 Å². The van der Waals surface area contributed by atoms with Gasteiger partial charge in [-0.3, -0.25) is 0 Å². The van der Waals surface area contributed by atoms with Crippen LogP contribution in [0, 0.1) is 10.5 Å². The second kappa shape index (κ2) is 7.89. The van der Waals surface area contributed by atoms with Crippen LogP contribution in [0.2, 0.25) is 0 Å². The molecular formula is C11H9F6IO6S2. The quantitative estimate of drug-likeness (QED) is 0.179. The molecule has 0 aliphatic carbocycles. The molecule has 0 spiro atoms. The molecule has 1 rings (SSSR count). The van der Waals surface area contributed by atoms with Crippen LogP contribution in [-0.4, -0.2) is 27.9 Å². The number of benzene rings is 1. The molecule has 0 saturated carbocycles. The van der Waals surface area contributed by atoms with Gasteiger partial charge in [0.15, 0.2) is 0 Å². The average Bonchev–Trinajstić information content (AvgIpc) is 2.44. The Morgan fingerprint density at radius 1 is 0.923 bits per heavy atom. The van der Waals surface area contributed by atoms with Gasteiger partial charge in [-0.25, -0.2) is 0 Å². The van der Waals surface area contributed by atoms with E-state index in [-0.39, 0.29) is 9.83 Å². The molecule has 150 valence electrons. The van der Waals surface area contributed by atoms with Gasteiger partial charge in [0.25, 0.3) is 0 Å². The Morgan fingerprint density at radius 2 is 1.42 bits per heavy atom. The Kier molecular flexibility index (Phi) is 6.97. The fourth-order valence-electron chi connectivity index (χ4n) is 1.20. The van der Waals surface area contributed by atoms with Gasteiger partial charge in [-0.05, 0) is 0 Å². The Labute approximate surface area is 152 Å². The van der Waals surface area contributed by atoms with E-state index >= 15 is 0 Å². The Balaban J connectivity index is 3.23. The van der Waals surface area contributed by atoms with Crippen LogP contribution in [0.15, 0.2) is 34.6 Å². The molecule has 0 bridgehead atoms. The van der Waals surface area contributed by atoms with Crippen LogP contribution in [0.3, 0.4) is 0 Å². The number of rotatable bonds is 6. The van der Waals surface area contributed by atoms with Crippen molar-refractivity contribution in [3.63, 3.8) is 0 Å². The Hall–Kier alpha value is -1.07. The van der Waals surface area contributed by atoms with Gasteiger partial charge >= 0.3 is 152 Å². The van der Waals surface area contributed by atoms with E-state index in [1.165, 1.54) is 31.2 Å². The maximum absolute atomic E-state index is 12.5. The van der Waals surface area contributed by atoms with Gasteiger partial charge in [0.2, 0.25) is 0 Å². The van der Waals surface area contributed by atoms with E-state index in [0.29, 0.717) is 9.65 Å². The molecule has 0 saturated heterocycles. The topological polar surface area (TPSA) is 86.7 Å². The molecule has 26 heavy (non-hydrogen) atoms. The van der Waals surface area contributed by atoms with Gasteiger partial charge in [0.1, 0.15) is 0 Å². The molecule has 0 amide bonds. The Bertz CT molecular complexity index is 875. The van der Waals surface area contributed by atoms with E-state index < -0.39 is 51.5 Å². The van der Waals surface area contributed by atoms with Crippen molar-refractivity contribution in [1.82, 2.24) is 0 Å². The summed E-state index contributed by atoms with van der Waals surface area (Å²) in [6.07, 6.45) is -0.0496. The standard InChI is InChI=1S/C11H9F6IO6S2/c1-8-4-2-3-5-9(8)18(24-26(21,22)11(15,16)17)6-7-23-25(19,20)10(12,13)14/h2-7H,1H3. The monoisotopic (exact) mass is 542 g/mol. The SMILES string of the molecule is Cc1ccccc1I(C=COS(=O)(=O)C(F)(F)F)OS(=O)(=O)C(F)(F)F. The van der Waals surface area contributed by atoms with Crippen molar-refractivity contribution in [3.8, 4) is 0 Å². The molecule has 0 aromatic heterocycles. The van der Waals surface area contributed by atoms with E-state index in [2.05, 4.69) is 6.70 Å². The van der Waals surface area contributed by atoms with Crippen molar-refractivity contribution in [1.29, 1.82) is 0 Å². The summed E-state index contributed by atoms with van der Waals surface area (Å²) in [7, 11) is -12.1. The third-order valence-corrected chi connectivity index (χ3v) is 10.0. The zero-order valence-electron chi connectivity index (χ0n) is 12.4. The van der Waals surface area contributed by atoms with Crippen LogP contribution in [0.25, 0.3) is 0 Å². The second-order valence-corrected chi connectivity index (χ2v) is 11.8. The van der Waals surface area contributed by atoms with E-state index in [0.717, 1.165) is 0 Å². The third kappa shape index (κ3) is 5.71. The summed E-state index contributed by atoms with van der Waals surface area (Å²) in [5.74, 6) is 0. The number of aryl methyl sites for hydroxylation is 1. The summed E-state index contributed by atoms with van der Waals surface area (Å²) < 4.78 is 126. The first-order valence-electron chi connectivity index (χ1n) is 6.00. The number of hydrogen-bond acceptors (Lipinski definition) is 6. The van der Waals surface area contributed by atoms with Crippen LogP contribution in [0.4, 0.5) is 26.3 Å². The molecule has 0 aliphatic heterocycles. The van der Waals surface area contributed by atoms with Gasteiger partial charge in [-0.2, -0.15) is 0 Å². The number of halogens is 7. The third-order valence-electron chi connectivity index (χ3n) is 2.34. The molecule has 1 aromatic carbocycles. The Morgan fingerprint density at radius 3 is 1.88 bits per heavy atom. The molecule has 0 unspecified atom stereocenters. The van der Waals surface area contributed by atoms with Crippen LogP contribution in [0.5, 0.6) is 0 Å². The van der Waals surface area contributed by atoms with E-state index in [4.69, 9.17) is 0 Å². The van der Waals surface area contributed by atoms with Crippen LogP contribution < -0.4 is 0 Å².